The Balaban J connectivity index is 1.80. The van der Waals surface area contributed by atoms with E-state index >= 15 is 0 Å². The number of ether oxygens (including phenoxy) is 1. The molecule has 3 rings (SSSR count). The van der Waals surface area contributed by atoms with Crippen LogP contribution in [0.15, 0.2) is 64.4 Å². The number of para-hydroxylation sites is 1. The first-order valence-corrected chi connectivity index (χ1v) is 14.5. The maximum Gasteiger partial charge on any atom is 0.243 e. The molecular weight excluding hydrogens is 490 g/mol. The third-order valence-corrected chi connectivity index (χ3v) is 9.86. The molecule has 0 bridgehead atoms. The molecule has 11 heteroatoms. The van der Waals surface area contributed by atoms with E-state index in [1.54, 1.807) is 24.3 Å². The van der Waals surface area contributed by atoms with Gasteiger partial charge in [0, 0.05) is 31.9 Å². The Morgan fingerprint density at radius 1 is 1.03 bits per heavy atom. The van der Waals surface area contributed by atoms with E-state index in [0.717, 1.165) is 30.0 Å². The van der Waals surface area contributed by atoms with E-state index in [1.165, 1.54) is 35.7 Å². The Kier molecular flexibility index (Phi) is 9.42. The van der Waals surface area contributed by atoms with Crippen LogP contribution in [0.3, 0.4) is 0 Å². The Bertz CT molecular complexity index is 1190. The third-order valence-electron chi connectivity index (χ3n) is 6.03. The lowest BCUT2D eigenvalue weighted by Gasteiger charge is -2.34. The number of hydrogen-bond acceptors (Lipinski definition) is 6. The summed E-state index contributed by atoms with van der Waals surface area (Å²) in [6, 6.07) is 13.9. The summed E-state index contributed by atoms with van der Waals surface area (Å²) >= 11 is 0. The molecule has 1 unspecified atom stereocenters. The fourth-order valence-electron chi connectivity index (χ4n) is 4.13. The van der Waals surface area contributed by atoms with Crippen LogP contribution < -0.4 is 5.32 Å². The molecule has 0 radical (unpaired) electrons. The summed E-state index contributed by atoms with van der Waals surface area (Å²) in [5.41, 5.74) is 0.555. The molecule has 192 valence electrons. The van der Waals surface area contributed by atoms with E-state index in [1.807, 2.05) is 13.0 Å². The molecule has 1 aliphatic heterocycles. The molecular formula is C24H33N3O6S2. The van der Waals surface area contributed by atoms with Gasteiger partial charge in [0.1, 0.15) is 0 Å². The first-order chi connectivity index (χ1) is 16.7. The van der Waals surface area contributed by atoms with Crippen molar-refractivity contribution in [3.8, 4) is 0 Å². The largest absolute Gasteiger partial charge is 0.383 e. The van der Waals surface area contributed by atoms with Crippen molar-refractivity contribution in [1.29, 1.82) is 0 Å². The quantitative estimate of drug-likeness (QED) is 0.485. The number of carbonyl (C=O) groups is 1. The number of anilines is 1. The van der Waals surface area contributed by atoms with Crippen molar-refractivity contribution < 1.29 is 26.4 Å². The van der Waals surface area contributed by atoms with Crippen LogP contribution in [0.25, 0.3) is 0 Å². The highest BCUT2D eigenvalue weighted by Crippen LogP contribution is 2.28. The molecule has 2 aromatic carbocycles. The summed E-state index contributed by atoms with van der Waals surface area (Å²) in [4.78, 5) is 12.5. The summed E-state index contributed by atoms with van der Waals surface area (Å²) in [6.07, 6.45) is 3.35. The van der Waals surface area contributed by atoms with E-state index < -0.39 is 32.5 Å². The Hall–Kier alpha value is -2.31. The third kappa shape index (κ3) is 6.68. The molecule has 9 nitrogen and oxygen atoms in total. The summed E-state index contributed by atoms with van der Waals surface area (Å²) in [5.74, 6) is -0.495. The van der Waals surface area contributed by atoms with Gasteiger partial charge in [-0.1, -0.05) is 31.5 Å². The fourth-order valence-corrected chi connectivity index (χ4v) is 7.27. The highest BCUT2D eigenvalue weighted by molar-refractivity contribution is 7.89. The lowest BCUT2D eigenvalue weighted by molar-refractivity contribution is -0.116. The normalized spacial score (nSPS) is 17.4. The van der Waals surface area contributed by atoms with Gasteiger partial charge in [-0.2, -0.15) is 8.61 Å². The van der Waals surface area contributed by atoms with Crippen LogP contribution in [0.5, 0.6) is 0 Å². The number of rotatable bonds is 11. The van der Waals surface area contributed by atoms with Crippen LogP contribution in [-0.2, 0) is 29.6 Å². The fraction of sp³-hybridized carbons (Fsp3) is 0.458. The van der Waals surface area contributed by atoms with Crippen molar-refractivity contribution >= 4 is 31.6 Å². The first-order valence-electron chi connectivity index (χ1n) is 11.7. The summed E-state index contributed by atoms with van der Waals surface area (Å²) in [7, 11) is -6.37. The Morgan fingerprint density at radius 3 is 2.31 bits per heavy atom. The molecule has 1 amide bonds. The van der Waals surface area contributed by atoms with Crippen molar-refractivity contribution in [3.05, 3.63) is 54.6 Å². The van der Waals surface area contributed by atoms with Gasteiger partial charge in [-0.3, -0.25) is 4.79 Å². The molecule has 1 fully saturated rings. The van der Waals surface area contributed by atoms with Crippen molar-refractivity contribution in [1.82, 2.24) is 8.61 Å². The maximum absolute atomic E-state index is 13.3. The molecule has 1 aliphatic rings. The number of carbonyl (C=O) groups excluding carboxylic acids is 1. The zero-order valence-corrected chi connectivity index (χ0v) is 21.7. The zero-order chi connectivity index (χ0) is 25.5. The van der Waals surface area contributed by atoms with E-state index in [2.05, 4.69) is 5.32 Å². The van der Waals surface area contributed by atoms with Crippen molar-refractivity contribution in [2.45, 2.75) is 48.4 Å². The monoisotopic (exact) mass is 523 g/mol. The van der Waals surface area contributed by atoms with E-state index in [-0.39, 0.29) is 29.0 Å². The van der Waals surface area contributed by atoms with Gasteiger partial charge in [0.2, 0.25) is 26.0 Å². The highest BCUT2D eigenvalue weighted by atomic mass is 32.2. The molecule has 1 atom stereocenters. The number of hydrogen-bond donors (Lipinski definition) is 1. The van der Waals surface area contributed by atoms with Crippen molar-refractivity contribution in [3.63, 3.8) is 0 Å². The minimum Gasteiger partial charge on any atom is -0.383 e. The second-order valence-corrected chi connectivity index (χ2v) is 12.2. The second kappa shape index (κ2) is 12.1. The minimum atomic E-state index is -4.08. The summed E-state index contributed by atoms with van der Waals surface area (Å²) < 4.78 is 60.6. The van der Waals surface area contributed by atoms with Gasteiger partial charge in [-0.05, 0) is 55.7 Å². The van der Waals surface area contributed by atoms with Gasteiger partial charge in [0.05, 0.1) is 22.9 Å². The average molecular weight is 524 g/mol. The Morgan fingerprint density at radius 2 is 1.69 bits per heavy atom. The average Bonchev–Trinajstić information content (AvgIpc) is 2.87. The lowest BCUT2D eigenvalue weighted by atomic mass is 10.0. The zero-order valence-electron chi connectivity index (χ0n) is 20.1. The smallest absolute Gasteiger partial charge is 0.243 e. The van der Waals surface area contributed by atoms with Gasteiger partial charge in [-0.15, -0.1) is 0 Å². The number of nitrogens with one attached hydrogen (secondary N) is 1. The number of amides is 1. The number of piperidine rings is 1. The van der Waals surface area contributed by atoms with E-state index in [0.29, 0.717) is 12.2 Å². The van der Waals surface area contributed by atoms with E-state index in [9.17, 15) is 21.6 Å². The van der Waals surface area contributed by atoms with Gasteiger partial charge < -0.3 is 10.1 Å². The van der Waals surface area contributed by atoms with E-state index in [4.69, 9.17) is 4.74 Å². The van der Waals surface area contributed by atoms with Crippen LogP contribution in [0, 0.1) is 0 Å². The molecule has 1 heterocycles. The predicted octanol–water partition coefficient (Wildman–Crippen LogP) is 2.92. The first kappa shape index (κ1) is 27.3. The van der Waals surface area contributed by atoms with Gasteiger partial charge in [0.25, 0.3) is 0 Å². The molecule has 0 spiro atoms. The topological polar surface area (TPSA) is 113 Å². The lowest BCUT2D eigenvalue weighted by Crippen LogP contribution is -2.43. The number of nitrogens with zero attached hydrogens (tertiary/aromatic N) is 2. The summed E-state index contributed by atoms with van der Waals surface area (Å²) in [5, 5.41) is 2.68. The highest BCUT2D eigenvalue weighted by Gasteiger charge is 2.33. The molecule has 1 saturated heterocycles. The molecule has 0 saturated carbocycles. The van der Waals surface area contributed by atoms with Crippen LogP contribution in [-0.4, -0.2) is 70.7 Å². The molecule has 1 N–H and O–H groups in total. The van der Waals surface area contributed by atoms with Gasteiger partial charge in [0.15, 0.2) is 0 Å². The summed E-state index contributed by atoms with van der Waals surface area (Å²) in [6.45, 7) is 2.08. The number of benzene rings is 2. The minimum absolute atomic E-state index is 0.0347. The van der Waals surface area contributed by atoms with Gasteiger partial charge >= 0.3 is 0 Å². The molecule has 2 aromatic rings. The van der Waals surface area contributed by atoms with Crippen LogP contribution >= 0.6 is 0 Å². The van der Waals surface area contributed by atoms with Crippen LogP contribution in [0.2, 0.25) is 0 Å². The maximum atomic E-state index is 13.3. The molecule has 0 aliphatic carbocycles. The van der Waals surface area contributed by atoms with Crippen molar-refractivity contribution in [2.24, 2.45) is 0 Å². The van der Waals surface area contributed by atoms with Crippen molar-refractivity contribution in [2.75, 3.05) is 38.7 Å². The van der Waals surface area contributed by atoms with Crippen LogP contribution in [0.4, 0.5) is 5.69 Å². The number of methoxy groups -OCH3 is 1. The second-order valence-electron chi connectivity index (χ2n) is 8.39. The van der Waals surface area contributed by atoms with Gasteiger partial charge in [-0.25, -0.2) is 16.8 Å². The molecule has 0 aromatic heterocycles. The molecule has 35 heavy (non-hydrogen) atoms. The predicted molar refractivity (Wildman–Crippen MR) is 134 cm³/mol. The Labute approximate surface area is 208 Å². The van der Waals surface area contributed by atoms with Crippen LogP contribution in [0.1, 0.15) is 32.6 Å². The standard InChI is InChI=1S/C24H33N3O6S2/c1-3-21-11-7-8-16-27(21)35(31,32)23-14-12-22(13-15-23)34(29,30)26(17-18-33-2)19-24(28)25-20-9-5-4-6-10-20/h4-6,9-10,12-15,21H,3,7-8,11,16-19H2,1-2H3,(H,25,28). The SMILES string of the molecule is CCC1CCCCN1S(=O)(=O)c1ccc(S(=O)(=O)N(CCOC)CC(=O)Nc2ccccc2)cc1. The number of sulfonamides is 2.